The highest BCUT2D eigenvalue weighted by Crippen LogP contribution is 2.53. The van der Waals surface area contributed by atoms with Crippen molar-refractivity contribution in [3.63, 3.8) is 0 Å². The molecular formula is C74H56N4. The molecule has 0 aliphatic heterocycles. The maximum Gasteiger partial charge on any atom is 0.0973 e. The smallest absolute Gasteiger partial charge is 0.0973 e. The van der Waals surface area contributed by atoms with Crippen LogP contribution >= 0.6 is 0 Å². The van der Waals surface area contributed by atoms with Crippen molar-refractivity contribution >= 4 is 45.2 Å². The summed E-state index contributed by atoms with van der Waals surface area (Å²) >= 11 is 0. The summed E-state index contributed by atoms with van der Waals surface area (Å²) in [6, 6.07) is 96.5. The third kappa shape index (κ3) is 7.91. The molecule has 0 N–H and O–H groups in total. The van der Waals surface area contributed by atoms with E-state index in [1.165, 1.54) is 55.6 Å². The Morgan fingerprint density at radius 3 is 0.846 bits per heavy atom. The molecule has 1 aromatic heterocycles. The molecule has 0 spiro atoms. The van der Waals surface area contributed by atoms with Crippen molar-refractivity contribution in [3.05, 3.63) is 289 Å². The third-order valence-corrected chi connectivity index (χ3v) is 16.4. The Morgan fingerprint density at radius 2 is 0.513 bits per heavy atom. The molecule has 0 saturated carbocycles. The van der Waals surface area contributed by atoms with E-state index in [1.54, 1.807) is 0 Å². The van der Waals surface area contributed by atoms with E-state index in [0.717, 1.165) is 78.8 Å². The first-order valence-corrected chi connectivity index (χ1v) is 27.1. The first kappa shape index (κ1) is 46.9. The van der Waals surface area contributed by atoms with Crippen LogP contribution in [0.1, 0.15) is 49.9 Å². The molecule has 2 aliphatic carbocycles. The van der Waals surface area contributed by atoms with E-state index in [1.807, 2.05) is 12.1 Å². The first-order chi connectivity index (χ1) is 38.2. The molecule has 12 aromatic rings. The second-order valence-corrected chi connectivity index (χ2v) is 21.8. The van der Waals surface area contributed by atoms with Gasteiger partial charge in [-0.25, -0.2) is 9.97 Å². The van der Waals surface area contributed by atoms with Crippen molar-refractivity contribution in [1.82, 2.24) is 9.97 Å². The Labute approximate surface area is 457 Å². The molecule has 0 saturated heterocycles. The lowest BCUT2D eigenvalue weighted by molar-refractivity contribution is 0.660. The minimum absolute atomic E-state index is 0.205. The Morgan fingerprint density at radius 1 is 0.244 bits per heavy atom. The minimum Gasteiger partial charge on any atom is -0.310 e. The maximum absolute atomic E-state index is 5.31. The number of fused-ring (bicyclic) bond motifs is 7. The normalized spacial score (nSPS) is 13.3. The molecule has 0 bridgehead atoms. The van der Waals surface area contributed by atoms with Crippen LogP contribution in [0.4, 0.5) is 34.1 Å². The van der Waals surface area contributed by atoms with Crippen LogP contribution in [0.3, 0.4) is 0 Å². The standard InChI is InChI=1S/C74H56N4/c1-73(2)65-45-53(37-41-61(65)63-43-39-59(47-67(63)73)77(55-19-9-5-10-20-55)56-21-11-6-12-22-56)49-29-33-51(34-30-49)71-72(76-70-28-18-17-27-69(70)75-71)52-35-31-50(32-36-52)54-38-42-62-64-44-40-60(48-68(64)74(3,4)66(62)46-54)78(57-23-13-7-14-24-57)58-25-15-8-16-26-58/h5-48H,1-4H3. The lowest BCUT2D eigenvalue weighted by Gasteiger charge is -2.28. The fraction of sp³-hybridized carbons (Fsp3) is 0.0811. The zero-order valence-electron chi connectivity index (χ0n) is 44.2. The van der Waals surface area contributed by atoms with Gasteiger partial charge in [0.2, 0.25) is 0 Å². The monoisotopic (exact) mass is 1000 g/mol. The van der Waals surface area contributed by atoms with Gasteiger partial charge in [0.25, 0.3) is 0 Å². The van der Waals surface area contributed by atoms with Gasteiger partial charge in [-0.3, -0.25) is 0 Å². The van der Waals surface area contributed by atoms with Crippen LogP contribution in [0.2, 0.25) is 0 Å². The van der Waals surface area contributed by atoms with Crippen LogP contribution in [0.5, 0.6) is 0 Å². The molecule has 78 heavy (non-hydrogen) atoms. The summed E-state index contributed by atoms with van der Waals surface area (Å²) in [5.74, 6) is 0. The molecular weight excluding hydrogens is 945 g/mol. The second-order valence-electron chi connectivity index (χ2n) is 21.8. The number of hydrogen-bond acceptors (Lipinski definition) is 4. The third-order valence-electron chi connectivity index (χ3n) is 16.4. The predicted octanol–water partition coefficient (Wildman–Crippen LogP) is 19.9. The summed E-state index contributed by atoms with van der Waals surface area (Å²) in [7, 11) is 0. The summed E-state index contributed by atoms with van der Waals surface area (Å²) in [6.45, 7) is 9.46. The van der Waals surface area contributed by atoms with Crippen LogP contribution < -0.4 is 9.80 Å². The number of benzene rings is 11. The summed E-state index contributed by atoms with van der Waals surface area (Å²) in [5.41, 5.74) is 27.2. The Balaban J connectivity index is 0.753. The number of hydrogen-bond donors (Lipinski definition) is 0. The van der Waals surface area contributed by atoms with Crippen molar-refractivity contribution in [2.75, 3.05) is 9.80 Å². The molecule has 0 amide bonds. The van der Waals surface area contributed by atoms with Crippen molar-refractivity contribution in [1.29, 1.82) is 0 Å². The molecule has 0 unspecified atom stereocenters. The van der Waals surface area contributed by atoms with Gasteiger partial charge >= 0.3 is 0 Å². The van der Waals surface area contributed by atoms with Crippen molar-refractivity contribution in [3.8, 4) is 67.0 Å². The fourth-order valence-corrected chi connectivity index (χ4v) is 12.3. The Bertz CT molecular complexity index is 3870. The van der Waals surface area contributed by atoms with Gasteiger partial charge in [-0.2, -0.15) is 0 Å². The van der Waals surface area contributed by atoms with E-state index in [9.17, 15) is 0 Å². The van der Waals surface area contributed by atoms with Crippen molar-refractivity contribution in [2.24, 2.45) is 0 Å². The summed E-state index contributed by atoms with van der Waals surface area (Å²) in [5, 5.41) is 0. The summed E-state index contributed by atoms with van der Waals surface area (Å²) in [6.07, 6.45) is 0. The van der Waals surface area contributed by atoms with E-state index in [-0.39, 0.29) is 10.8 Å². The van der Waals surface area contributed by atoms with E-state index in [4.69, 9.17) is 9.97 Å². The van der Waals surface area contributed by atoms with Gasteiger partial charge in [-0.1, -0.05) is 198 Å². The van der Waals surface area contributed by atoms with E-state index in [2.05, 4.69) is 292 Å². The zero-order chi connectivity index (χ0) is 52.5. The Kier molecular flexibility index (Phi) is 11.2. The van der Waals surface area contributed by atoms with Crippen LogP contribution in [0.15, 0.2) is 267 Å². The molecule has 0 atom stereocenters. The molecule has 1 heterocycles. The van der Waals surface area contributed by atoms with Gasteiger partial charge in [-0.15, -0.1) is 0 Å². The molecule has 2 aliphatic rings. The molecule has 372 valence electrons. The summed E-state index contributed by atoms with van der Waals surface area (Å²) in [4.78, 5) is 15.3. The van der Waals surface area contributed by atoms with Gasteiger partial charge in [0.05, 0.1) is 22.4 Å². The zero-order valence-corrected chi connectivity index (χ0v) is 44.2. The highest BCUT2D eigenvalue weighted by molar-refractivity contribution is 5.91. The topological polar surface area (TPSA) is 32.3 Å². The quantitative estimate of drug-likeness (QED) is 0.137. The molecule has 11 aromatic carbocycles. The van der Waals surface area contributed by atoms with Gasteiger partial charge < -0.3 is 9.80 Å². The predicted molar refractivity (Wildman–Crippen MR) is 326 cm³/mol. The largest absolute Gasteiger partial charge is 0.310 e. The number of para-hydroxylation sites is 6. The fourth-order valence-electron chi connectivity index (χ4n) is 12.3. The highest BCUT2D eigenvalue weighted by atomic mass is 15.1. The van der Waals surface area contributed by atoms with Gasteiger partial charge in [0.15, 0.2) is 0 Å². The van der Waals surface area contributed by atoms with Gasteiger partial charge in [0, 0.05) is 56.1 Å². The number of aromatic nitrogens is 2. The van der Waals surface area contributed by atoms with E-state index >= 15 is 0 Å². The van der Waals surface area contributed by atoms with Crippen molar-refractivity contribution < 1.29 is 0 Å². The molecule has 4 nitrogen and oxygen atoms in total. The van der Waals surface area contributed by atoms with Gasteiger partial charge in [-0.05, 0) is 164 Å². The van der Waals surface area contributed by atoms with E-state index < -0.39 is 0 Å². The number of nitrogens with zero attached hydrogens (tertiary/aromatic N) is 4. The van der Waals surface area contributed by atoms with Crippen LogP contribution in [-0.4, -0.2) is 9.97 Å². The molecule has 0 fully saturated rings. The lowest BCUT2D eigenvalue weighted by atomic mass is 9.81. The summed E-state index contributed by atoms with van der Waals surface area (Å²) < 4.78 is 0. The SMILES string of the molecule is CC1(C)c2cc(-c3ccc(-c4nc5ccccc5nc4-c4ccc(-c5ccc6c(c5)C(C)(C)c5cc(N(c7ccccc7)c7ccccc7)ccc5-6)cc4)cc3)ccc2-c2ccc(N(c3ccccc3)c3ccccc3)cc21. The average molecular weight is 1000 g/mol. The average Bonchev–Trinajstić information content (AvgIpc) is 4.00. The second kappa shape index (κ2) is 18.6. The molecule has 14 rings (SSSR count). The lowest BCUT2D eigenvalue weighted by Crippen LogP contribution is -2.16. The number of rotatable bonds is 10. The molecule has 4 heteroatoms. The molecule has 0 radical (unpaired) electrons. The van der Waals surface area contributed by atoms with E-state index in [0.29, 0.717) is 0 Å². The maximum atomic E-state index is 5.31. The highest BCUT2D eigenvalue weighted by Gasteiger charge is 2.38. The number of anilines is 6. The van der Waals surface area contributed by atoms with Gasteiger partial charge in [0.1, 0.15) is 0 Å². The van der Waals surface area contributed by atoms with Crippen LogP contribution in [0, 0.1) is 0 Å². The van der Waals surface area contributed by atoms with Crippen molar-refractivity contribution in [2.45, 2.75) is 38.5 Å². The van der Waals surface area contributed by atoms with Crippen LogP contribution in [-0.2, 0) is 10.8 Å². The Hall–Kier alpha value is -9.64. The van der Waals surface area contributed by atoms with Crippen LogP contribution in [0.25, 0.3) is 78.1 Å². The first-order valence-electron chi connectivity index (χ1n) is 27.1. The minimum atomic E-state index is -0.205.